The van der Waals surface area contributed by atoms with Gasteiger partial charge in [0.25, 0.3) is 0 Å². The van der Waals surface area contributed by atoms with Crippen LogP contribution in [-0.2, 0) is 11.2 Å². The molecule has 2 aromatic rings. The van der Waals surface area contributed by atoms with Crippen molar-refractivity contribution in [3.05, 3.63) is 41.4 Å². The molecule has 3 heterocycles. The highest BCUT2D eigenvalue weighted by molar-refractivity contribution is 5.95. The topological polar surface area (TPSA) is 52.3 Å². The molecule has 0 saturated carbocycles. The maximum Gasteiger partial charge on any atom is 0.342 e. The SMILES string of the molecule is Cc1c(-c2ccncc2)oc2c1C(=O)OC(C)C2. The van der Waals surface area contributed by atoms with Crippen LogP contribution in [0.5, 0.6) is 0 Å². The molecule has 18 heavy (non-hydrogen) atoms. The minimum atomic E-state index is -0.287. The molecule has 0 aliphatic carbocycles. The lowest BCUT2D eigenvalue weighted by Crippen LogP contribution is -2.24. The summed E-state index contributed by atoms with van der Waals surface area (Å²) in [6.45, 7) is 3.75. The number of cyclic esters (lactones) is 1. The molecule has 0 saturated heterocycles. The van der Waals surface area contributed by atoms with Crippen LogP contribution >= 0.6 is 0 Å². The van der Waals surface area contributed by atoms with E-state index in [1.54, 1.807) is 12.4 Å². The summed E-state index contributed by atoms with van der Waals surface area (Å²) in [5.41, 5.74) is 2.35. The number of aromatic nitrogens is 1. The summed E-state index contributed by atoms with van der Waals surface area (Å²) in [6, 6.07) is 3.73. The molecule has 0 radical (unpaired) electrons. The van der Waals surface area contributed by atoms with E-state index in [1.807, 2.05) is 26.0 Å². The van der Waals surface area contributed by atoms with Crippen molar-refractivity contribution in [1.29, 1.82) is 0 Å². The fourth-order valence-electron chi connectivity index (χ4n) is 2.31. The smallest absolute Gasteiger partial charge is 0.342 e. The second-order valence-corrected chi connectivity index (χ2v) is 4.51. The number of hydrogen-bond donors (Lipinski definition) is 0. The third-order valence-electron chi connectivity index (χ3n) is 3.15. The molecule has 4 heteroatoms. The summed E-state index contributed by atoms with van der Waals surface area (Å²) in [7, 11) is 0. The van der Waals surface area contributed by atoms with Crippen molar-refractivity contribution in [1.82, 2.24) is 4.98 Å². The molecule has 2 aromatic heterocycles. The maximum atomic E-state index is 11.9. The van der Waals surface area contributed by atoms with E-state index in [0.717, 1.165) is 22.6 Å². The van der Waals surface area contributed by atoms with Gasteiger partial charge in [0, 0.05) is 29.9 Å². The predicted molar refractivity (Wildman–Crippen MR) is 65.3 cm³/mol. The van der Waals surface area contributed by atoms with Crippen molar-refractivity contribution in [2.24, 2.45) is 0 Å². The van der Waals surface area contributed by atoms with E-state index >= 15 is 0 Å². The summed E-state index contributed by atoms with van der Waals surface area (Å²) in [5, 5.41) is 0. The van der Waals surface area contributed by atoms with Crippen LogP contribution in [0.15, 0.2) is 28.9 Å². The van der Waals surface area contributed by atoms with Gasteiger partial charge in [0.2, 0.25) is 0 Å². The Bertz CT molecular complexity index is 601. The zero-order valence-corrected chi connectivity index (χ0v) is 10.3. The normalized spacial score (nSPS) is 18.3. The Morgan fingerprint density at radius 3 is 2.78 bits per heavy atom. The van der Waals surface area contributed by atoms with Crippen LogP contribution in [0.25, 0.3) is 11.3 Å². The van der Waals surface area contributed by atoms with E-state index in [4.69, 9.17) is 9.15 Å². The highest BCUT2D eigenvalue weighted by Crippen LogP contribution is 2.34. The molecule has 0 amide bonds. The third kappa shape index (κ3) is 1.61. The van der Waals surface area contributed by atoms with Crippen LogP contribution in [-0.4, -0.2) is 17.1 Å². The van der Waals surface area contributed by atoms with Crippen molar-refractivity contribution in [3.8, 4) is 11.3 Å². The molecule has 0 aromatic carbocycles. The number of ether oxygens (including phenoxy) is 1. The van der Waals surface area contributed by atoms with Gasteiger partial charge in [-0.1, -0.05) is 0 Å². The van der Waals surface area contributed by atoms with Gasteiger partial charge in [-0.25, -0.2) is 4.79 Å². The third-order valence-corrected chi connectivity index (χ3v) is 3.15. The fraction of sp³-hybridized carbons (Fsp3) is 0.286. The first-order valence-corrected chi connectivity index (χ1v) is 5.90. The molecule has 0 N–H and O–H groups in total. The second kappa shape index (κ2) is 3.98. The zero-order chi connectivity index (χ0) is 12.7. The van der Waals surface area contributed by atoms with Crippen LogP contribution in [0.4, 0.5) is 0 Å². The summed E-state index contributed by atoms with van der Waals surface area (Å²) in [6.07, 6.45) is 3.92. The lowest BCUT2D eigenvalue weighted by atomic mass is 10.0. The molecule has 1 aliphatic rings. The summed E-state index contributed by atoms with van der Waals surface area (Å²) in [4.78, 5) is 15.8. The number of furan rings is 1. The van der Waals surface area contributed by atoms with Crippen LogP contribution in [0.2, 0.25) is 0 Å². The molecule has 3 rings (SSSR count). The maximum absolute atomic E-state index is 11.9. The van der Waals surface area contributed by atoms with Gasteiger partial charge in [-0.15, -0.1) is 0 Å². The van der Waals surface area contributed by atoms with E-state index < -0.39 is 0 Å². The highest BCUT2D eigenvalue weighted by Gasteiger charge is 2.31. The predicted octanol–water partition coefficient (Wildman–Crippen LogP) is 2.75. The Morgan fingerprint density at radius 2 is 2.06 bits per heavy atom. The minimum absolute atomic E-state index is 0.124. The Labute approximate surface area is 105 Å². The number of fused-ring (bicyclic) bond motifs is 1. The van der Waals surface area contributed by atoms with Crippen molar-refractivity contribution in [3.63, 3.8) is 0 Å². The number of carbonyl (C=O) groups excluding carboxylic acids is 1. The van der Waals surface area contributed by atoms with Crippen LogP contribution < -0.4 is 0 Å². The molecule has 92 valence electrons. The van der Waals surface area contributed by atoms with Crippen molar-refractivity contribution < 1.29 is 13.9 Å². The Kier molecular flexibility index (Phi) is 2.44. The largest absolute Gasteiger partial charge is 0.460 e. The second-order valence-electron chi connectivity index (χ2n) is 4.51. The van der Waals surface area contributed by atoms with Gasteiger partial charge in [-0.05, 0) is 26.0 Å². The van der Waals surface area contributed by atoms with Crippen molar-refractivity contribution >= 4 is 5.97 Å². The van der Waals surface area contributed by atoms with Crippen LogP contribution in [0, 0.1) is 6.92 Å². The number of pyridine rings is 1. The summed E-state index contributed by atoms with van der Waals surface area (Å²) in [5.74, 6) is 1.17. The lowest BCUT2D eigenvalue weighted by molar-refractivity contribution is 0.0282. The van der Waals surface area contributed by atoms with E-state index in [1.165, 1.54) is 0 Å². The van der Waals surface area contributed by atoms with Gasteiger partial charge < -0.3 is 9.15 Å². The van der Waals surface area contributed by atoms with Gasteiger partial charge in [0.1, 0.15) is 23.2 Å². The minimum Gasteiger partial charge on any atom is -0.460 e. The molecule has 4 nitrogen and oxygen atoms in total. The van der Waals surface area contributed by atoms with Crippen LogP contribution in [0.1, 0.15) is 28.6 Å². The van der Waals surface area contributed by atoms with Crippen LogP contribution in [0.3, 0.4) is 0 Å². The van der Waals surface area contributed by atoms with Crippen molar-refractivity contribution in [2.45, 2.75) is 26.4 Å². The van der Waals surface area contributed by atoms with E-state index in [2.05, 4.69) is 4.98 Å². The highest BCUT2D eigenvalue weighted by atomic mass is 16.5. The number of nitrogens with zero attached hydrogens (tertiary/aromatic N) is 1. The first-order chi connectivity index (χ1) is 8.66. The van der Waals surface area contributed by atoms with Gasteiger partial charge in [-0.2, -0.15) is 0 Å². The first kappa shape index (κ1) is 11.0. The molecule has 0 spiro atoms. The van der Waals surface area contributed by atoms with Gasteiger partial charge in [-0.3, -0.25) is 4.98 Å². The number of hydrogen-bond acceptors (Lipinski definition) is 4. The Balaban J connectivity index is 2.15. The fourth-order valence-corrected chi connectivity index (χ4v) is 2.31. The standard InChI is InChI=1S/C14H13NO3/c1-8-7-11-12(14(16)17-8)9(2)13(18-11)10-3-5-15-6-4-10/h3-6,8H,7H2,1-2H3. The van der Waals surface area contributed by atoms with E-state index in [-0.39, 0.29) is 12.1 Å². The summed E-state index contributed by atoms with van der Waals surface area (Å²) >= 11 is 0. The monoisotopic (exact) mass is 243 g/mol. The van der Waals surface area contributed by atoms with Gasteiger partial charge >= 0.3 is 5.97 Å². The Hall–Kier alpha value is -2.10. The molecule has 1 atom stereocenters. The first-order valence-electron chi connectivity index (χ1n) is 5.90. The molecular weight excluding hydrogens is 230 g/mol. The van der Waals surface area contributed by atoms with E-state index in [0.29, 0.717) is 12.0 Å². The summed E-state index contributed by atoms with van der Waals surface area (Å²) < 4.78 is 11.1. The van der Waals surface area contributed by atoms with Crippen molar-refractivity contribution in [2.75, 3.05) is 0 Å². The number of esters is 1. The average molecular weight is 243 g/mol. The number of rotatable bonds is 1. The van der Waals surface area contributed by atoms with Gasteiger partial charge in [0.15, 0.2) is 0 Å². The molecule has 1 unspecified atom stereocenters. The molecule has 0 bridgehead atoms. The average Bonchev–Trinajstić information content (AvgIpc) is 2.67. The number of carbonyl (C=O) groups is 1. The quantitative estimate of drug-likeness (QED) is 0.723. The molecular formula is C14H13NO3. The van der Waals surface area contributed by atoms with Gasteiger partial charge in [0.05, 0.1) is 0 Å². The zero-order valence-electron chi connectivity index (χ0n) is 10.3. The molecule has 1 aliphatic heterocycles. The Morgan fingerprint density at radius 1 is 1.33 bits per heavy atom. The molecule has 0 fully saturated rings. The lowest BCUT2D eigenvalue weighted by Gasteiger charge is -2.17. The van der Waals surface area contributed by atoms with E-state index in [9.17, 15) is 4.79 Å².